The Labute approximate surface area is 170 Å². The second kappa shape index (κ2) is 9.37. The quantitative estimate of drug-likeness (QED) is 0.775. The Morgan fingerprint density at radius 3 is 2.48 bits per heavy atom. The fourth-order valence-corrected chi connectivity index (χ4v) is 4.95. The predicted octanol–water partition coefficient (Wildman–Crippen LogP) is 3.58. The Hall–Kier alpha value is -2.45. The SMILES string of the molecule is COc1ccc(S(=O)(=O)N2CCCCCC2)cc1NC(=O)Cc1cccc(F)c1. The Bertz CT molecular complexity index is 970. The number of methoxy groups -OCH3 is 1. The molecule has 1 aliphatic heterocycles. The van der Waals surface area contributed by atoms with Crippen LogP contribution >= 0.6 is 0 Å². The highest BCUT2D eigenvalue weighted by Crippen LogP contribution is 2.30. The number of nitrogens with one attached hydrogen (secondary N) is 1. The number of sulfonamides is 1. The summed E-state index contributed by atoms with van der Waals surface area (Å²) in [5.41, 5.74) is 0.791. The van der Waals surface area contributed by atoms with Crippen molar-refractivity contribution in [1.29, 1.82) is 0 Å². The van der Waals surface area contributed by atoms with E-state index in [1.807, 2.05) is 0 Å². The molecule has 0 bridgehead atoms. The van der Waals surface area contributed by atoms with Gasteiger partial charge in [-0.3, -0.25) is 4.79 Å². The van der Waals surface area contributed by atoms with Gasteiger partial charge in [-0.05, 0) is 48.7 Å². The first-order chi connectivity index (χ1) is 13.9. The predicted molar refractivity (Wildman–Crippen MR) is 109 cm³/mol. The fourth-order valence-electron chi connectivity index (χ4n) is 3.40. The summed E-state index contributed by atoms with van der Waals surface area (Å²) in [6.45, 7) is 0.991. The molecule has 29 heavy (non-hydrogen) atoms. The molecule has 1 amide bonds. The van der Waals surface area contributed by atoms with Crippen molar-refractivity contribution in [3.8, 4) is 5.75 Å². The highest BCUT2D eigenvalue weighted by Gasteiger charge is 2.26. The van der Waals surface area contributed by atoms with Crippen LogP contribution in [0.3, 0.4) is 0 Å². The van der Waals surface area contributed by atoms with Gasteiger partial charge in [-0.15, -0.1) is 0 Å². The number of carbonyl (C=O) groups is 1. The lowest BCUT2D eigenvalue weighted by Crippen LogP contribution is -2.32. The number of halogens is 1. The molecule has 156 valence electrons. The van der Waals surface area contributed by atoms with Crippen LogP contribution in [0, 0.1) is 5.82 Å². The molecule has 1 fully saturated rings. The summed E-state index contributed by atoms with van der Waals surface area (Å²) in [5, 5.41) is 2.69. The summed E-state index contributed by atoms with van der Waals surface area (Å²) in [4.78, 5) is 12.5. The molecule has 1 heterocycles. The summed E-state index contributed by atoms with van der Waals surface area (Å²) in [6.07, 6.45) is 3.69. The van der Waals surface area contributed by atoms with Crippen LogP contribution in [0.2, 0.25) is 0 Å². The van der Waals surface area contributed by atoms with Gasteiger partial charge in [0, 0.05) is 13.1 Å². The molecule has 6 nitrogen and oxygen atoms in total. The number of ether oxygens (including phenoxy) is 1. The Morgan fingerprint density at radius 1 is 1.10 bits per heavy atom. The van der Waals surface area contributed by atoms with E-state index in [1.54, 1.807) is 6.07 Å². The number of anilines is 1. The number of nitrogens with zero attached hydrogens (tertiary/aromatic N) is 1. The lowest BCUT2D eigenvalue weighted by Gasteiger charge is -2.21. The molecule has 3 rings (SSSR count). The molecule has 0 atom stereocenters. The van der Waals surface area contributed by atoms with Crippen molar-refractivity contribution in [2.24, 2.45) is 0 Å². The van der Waals surface area contributed by atoms with E-state index in [0.29, 0.717) is 24.4 Å². The van der Waals surface area contributed by atoms with Crippen molar-refractivity contribution in [2.75, 3.05) is 25.5 Å². The molecule has 0 radical (unpaired) electrons. The van der Waals surface area contributed by atoms with Gasteiger partial charge in [0.15, 0.2) is 0 Å². The number of hydrogen-bond acceptors (Lipinski definition) is 4. The van der Waals surface area contributed by atoms with E-state index >= 15 is 0 Å². The van der Waals surface area contributed by atoms with Gasteiger partial charge in [-0.2, -0.15) is 4.31 Å². The zero-order chi connectivity index (χ0) is 20.9. The third kappa shape index (κ3) is 5.33. The molecule has 0 aromatic heterocycles. The molecule has 0 aliphatic carbocycles. The van der Waals surface area contributed by atoms with Gasteiger partial charge in [-0.1, -0.05) is 25.0 Å². The topological polar surface area (TPSA) is 75.7 Å². The molecule has 0 spiro atoms. The van der Waals surface area contributed by atoms with Crippen LogP contribution in [0.1, 0.15) is 31.2 Å². The molecule has 1 saturated heterocycles. The van der Waals surface area contributed by atoms with Crippen LogP contribution in [-0.2, 0) is 21.2 Å². The Kier molecular flexibility index (Phi) is 6.87. The van der Waals surface area contributed by atoms with E-state index in [4.69, 9.17) is 4.74 Å². The van der Waals surface area contributed by atoms with Crippen molar-refractivity contribution in [3.63, 3.8) is 0 Å². The minimum atomic E-state index is -3.66. The van der Waals surface area contributed by atoms with Crippen LogP contribution in [-0.4, -0.2) is 38.8 Å². The minimum Gasteiger partial charge on any atom is -0.495 e. The molecule has 1 N–H and O–H groups in total. The summed E-state index contributed by atoms with van der Waals surface area (Å²) in [6, 6.07) is 10.2. The maximum atomic E-state index is 13.3. The smallest absolute Gasteiger partial charge is 0.243 e. The number of rotatable bonds is 6. The summed E-state index contributed by atoms with van der Waals surface area (Å²) in [7, 11) is -2.21. The standard InChI is InChI=1S/C21H25FN2O4S/c1-28-20-10-9-18(29(26,27)24-11-4-2-3-5-12-24)15-19(20)23-21(25)14-16-7-6-8-17(22)13-16/h6-10,13,15H,2-5,11-12,14H2,1H3,(H,23,25). The monoisotopic (exact) mass is 420 g/mol. The van der Waals surface area contributed by atoms with Crippen molar-refractivity contribution in [2.45, 2.75) is 37.0 Å². The van der Waals surface area contributed by atoms with E-state index in [9.17, 15) is 17.6 Å². The number of benzene rings is 2. The van der Waals surface area contributed by atoms with Crippen LogP contribution in [0.25, 0.3) is 0 Å². The number of amides is 1. The van der Waals surface area contributed by atoms with Crippen LogP contribution in [0.4, 0.5) is 10.1 Å². The van der Waals surface area contributed by atoms with Gasteiger partial charge in [0.1, 0.15) is 11.6 Å². The lowest BCUT2D eigenvalue weighted by molar-refractivity contribution is -0.115. The summed E-state index contributed by atoms with van der Waals surface area (Å²) < 4.78 is 46.2. The maximum absolute atomic E-state index is 13.3. The zero-order valence-corrected chi connectivity index (χ0v) is 17.2. The zero-order valence-electron chi connectivity index (χ0n) is 16.4. The van der Waals surface area contributed by atoms with E-state index < -0.39 is 21.7 Å². The highest BCUT2D eigenvalue weighted by atomic mass is 32.2. The first kappa shape index (κ1) is 21.3. The van der Waals surface area contributed by atoms with E-state index in [0.717, 1.165) is 25.7 Å². The highest BCUT2D eigenvalue weighted by molar-refractivity contribution is 7.89. The van der Waals surface area contributed by atoms with E-state index in [2.05, 4.69) is 5.32 Å². The van der Waals surface area contributed by atoms with Gasteiger partial charge in [0.2, 0.25) is 15.9 Å². The molecule has 2 aromatic carbocycles. The van der Waals surface area contributed by atoms with Gasteiger partial charge in [0.25, 0.3) is 0 Å². The number of hydrogen-bond donors (Lipinski definition) is 1. The fraction of sp³-hybridized carbons (Fsp3) is 0.381. The van der Waals surface area contributed by atoms with Crippen molar-refractivity contribution in [1.82, 2.24) is 4.31 Å². The first-order valence-electron chi connectivity index (χ1n) is 9.62. The Balaban J connectivity index is 1.82. The van der Waals surface area contributed by atoms with Gasteiger partial charge in [0.05, 0.1) is 24.1 Å². The molecular formula is C21H25FN2O4S. The van der Waals surface area contributed by atoms with Crippen molar-refractivity contribution >= 4 is 21.6 Å². The third-order valence-corrected chi connectivity index (χ3v) is 6.80. The lowest BCUT2D eigenvalue weighted by atomic mass is 10.1. The van der Waals surface area contributed by atoms with Gasteiger partial charge >= 0.3 is 0 Å². The second-order valence-corrected chi connectivity index (χ2v) is 8.97. The first-order valence-corrected chi connectivity index (χ1v) is 11.1. The molecule has 0 unspecified atom stereocenters. The van der Waals surface area contributed by atoms with Gasteiger partial charge in [-0.25, -0.2) is 12.8 Å². The second-order valence-electron chi connectivity index (χ2n) is 7.04. The molecular weight excluding hydrogens is 395 g/mol. The minimum absolute atomic E-state index is 0.0377. The third-order valence-electron chi connectivity index (χ3n) is 4.90. The molecule has 2 aromatic rings. The van der Waals surface area contributed by atoms with Crippen molar-refractivity contribution < 1.29 is 22.3 Å². The maximum Gasteiger partial charge on any atom is 0.243 e. The van der Waals surface area contributed by atoms with E-state index in [1.165, 1.54) is 47.8 Å². The normalized spacial score (nSPS) is 15.5. The Morgan fingerprint density at radius 2 is 1.83 bits per heavy atom. The van der Waals surface area contributed by atoms with E-state index in [-0.39, 0.29) is 17.0 Å². The van der Waals surface area contributed by atoms with Gasteiger partial charge < -0.3 is 10.1 Å². The molecule has 0 saturated carbocycles. The van der Waals surface area contributed by atoms with Crippen molar-refractivity contribution in [3.05, 3.63) is 53.8 Å². The average Bonchev–Trinajstić information content (AvgIpc) is 2.98. The number of carbonyl (C=O) groups excluding carboxylic acids is 1. The van der Waals surface area contributed by atoms with Crippen LogP contribution < -0.4 is 10.1 Å². The molecule has 1 aliphatic rings. The summed E-state index contributed by atoms with van der Waals surface area (Å²) in [5.74, 6) is -0.455. The molecule has 8 heteroatoms. The largest absolute Gasteiger partial charge is 0.495 e. The summed E-state index contributed by atoms with van der Waals surface area (Å²) >= 11 is 0. The van der Waals surface area contributed by atoms with Crippen LogP contribution in [0.5, 0.6) is 5.75 Å². The average molecular weight is 421 g/mol. The van der Waals surface area contributed by atoms with Crippen LogP contribution in [0.15, 0.2) is 47.4 Å².